The van der Waals surface area contributed by atoms with Crippen molar-refractivity contribution in [3.05, 3.63) is 47.7 Å². The first-order valence-corrected chi connectivity index (χ1v) is 14.2. The summed E-state index contributed by atoms with van der Waals surface area (Å²) in [7, 11) is 1.61. The van der Waals surface area contributed by atoms with Crippen LogP contribution in [0.15, 0.2) is 41.9 Å². The lowest BCUT2D eigenvalue weighted by atomic mass is 9.90. The third kappa shape index (κ3) is 6.00. The lowest BCUT2D eigenvalue weighted by Crippen LogP contribution is -2.35. The Morgan fingerprint density at radius 3 is 2.64 bits per heavy atom. The fourth-order valence-electron chi connectivity index (χ4n) is 5.62. The molecular weight excluding hydrogens is 519 g/mol. The highest BCUT2D eigenvalue weighted by Gasteiger charge is 2.31. The van der Waals surface area contributed by atoms with E-state index in [0.29, 0.717) is 47.5 Å². The molecule has 0 radical (unpaired) electrons. The molecule has 1 N–H and O–H groups in total. The number of benzene rings is 1. The van der Waals surface area contributed by atoms with Crippen molar-refractivity contribution < 1.29 is 23.9 Å². The Bertz CT molecular complexity index is 1370. The summed E-state index contributed by atoms with van der Waals surface area (Å²) < 4.78 is 14.4. The predicted molar refractivity (Wildman–Crippen MR) is 148 cm³/mol. The van der Waals surface area contributed by atoms with Crippen molar-refractivity contribution in [3.8, 4) is 22.4 Å². The van der Waals surface area contributed by atoms with E-state index in [1.165, 1.54) is 28.4 Å². The van der Waals surface area contributed by atoms with Crippen LogP contribution >= 0.6 is 11.3 Å². The molecule has 39 heavy (non-hydrogen) atoms. The monoisotopic (exact) mass is 550 g/mol. The maximum Gasteiger partial charge on any atom is 0.304 e. The van der Waals surface area contributed by atoms with E-state index in [4.69, 9.17) is 0 Å². The smallest absolute Gasteiger partial charge is 0.304 e. The Morgan fingerprint density at radius 1 is 1.18 bits per heavy atom. The van der Waals surface area contributed by atoms with E-state index in [2.05, 4.69) is 9.97 Å². The summed E-state index contributed by atoms with van der Waals surface area (Å²) in [4.78, 5) is 49.2. The number of aromatic nitrogens is 2. The van der Waals surface area contributed by atoms with Crippen LogP contribution in [0.4, 0.5) is 15.3 Å². The van der Waals surface area contributed by atoms with Crippen LogP contribution in [0.1, 0.15) is 51.4 Å². The van der Waals surface area contributed by atoms with Crippen LogP contribution in [-0.2, 0) is 14.4 Å². The number of thiazole rings is 1. The van der Waals surface area contributed by atoms with Crippen LogP contribution < -0.4 is 9.80 Å². The van der Waals surface area contributed by atoms with Gasteiger partial charge in [0.1, 0.15) is 11.6 Å². The van der Waals surface area contributed by atoms with E-state index in [1.54, 1.807) is 35.7 Å². The van der Waals surface area contributed by atoms with Crippen molar-refractivity contribution in [2.24, 2.45) is 11.8 Å². The highest BCUT2D eigenvalue weighted by molar-refractivity contribution is 7.14. The molecule has 1 aromatic carbocycles. The zero-order chi connectivity index (χ0) is 27.5. The van der Waals surface area contributed by atoms with E-state index in [-0.39, 0.29) is 18.2 Å². The molecule has 1 aliphatic heterocycles. The summed E-state index contributed by atoms with van der Waals surface area (Å²) in [6.07, 6.45) is 7.65. The largest absolute Gasteiger partial charge is 0.481 e. The fraction of sp³-hybridized carbons (Fsp3) is 0.414. The van der Waals surface area contributed by atoms with Gasteiger partial charge < -0.3 is 5.11 Å². The van der Waals surface area contributed by atoms with Gasteiger partial charge in [0.15, 0.2) is 5.13 Å². The molecule has 204 valence electrons. The number of anilines is 2. The number of carboxylic acid groups (broad SMARTS) is 1. The number of rotatable bonds is 9. The molecule has 0 bridgehead atoms. The summed E-state index contributed by atoms with van der Waals surface area (Å²) in [5.74, 6) is -1.26. The molecule has 3 aromatic rings. The minimum Gasteiger partial charge on any atom is -0.481 e. The van der Waals surface area contributed by atoms with E-state index in [0.717, 1.165) is 43.2 Å². The second kappa shape index (κ2) is 11.6. The number of carbonyl (C=O) groups excluding carboxylic acids is 2. The second-order valence-corrected chi connectivity index (χ2v) is 11.2. The lowest BCUT2D eigenvalue weighted by Gasteiger charge is -2.23. The molecule has 10 heteroatoms. The topological polar surface area (TPSA) is 104 Å². The molecule has 0 spiro atoms. The molecule has 5 rings (SSSR count). The molecule has 8 nitrogen and oxygen atoms in total. The first-order chi connectivity index (χ1) is 18.8. The third-order valence-corrected chi connectivity index (χ3v) is 8.56. The van der Waals surface area contributed by atoms with Gasteiger partial charge >= 0.3 is 5.97 Å². The zero-order valence-electron chi connectivity index (χ0n) is 21.8. The van der Waals surface area contributed by atoms with Crippen LogP contribution in [0.2, 0.25) is 0 Å². The maximum absolute atomic E-state index is 14.4. The van der Waals surface area contributed by atoms with E-state index in [1.807, 2.05) is 6.07 Å². The minimum absolute atomic E-state index is 0.0558. The van der Waals surface area contributed by atoms with E-state index >= 15 is 0 Å². The average Bonchev–Trinajstić information content (AvgIpc) is 3.70. The molecule has 1 atom stereocenters. The number of carboxylic acids is 1. The van der Waals surface area contributed by atoms with Gasteiger partial charge in [-0.25, -0.2) is 14.4 Å². The quantitative estimate of drug-likeness (QED) is 0.363. The molecule has 1 saturated carbocycles. The van der Waals surface area contributed by atoms with Gasteiger partial charge in [-0.3, -0.25) is 24.2 Å². The Hall–Kier alpha value is -3.66. The van der Waals surface area contributed by atoms with Crippen LogP contribution in [0.3, 0.4) is 0 Å². The highest BCUT2D eigenvalue weighted by Crippen LogP contribution is 2.37. The molecule has 1 aliphatic carbocycles. The molecule has 2 aliphatic rings. The van der Waals surface area contributed by atoms with Gasteiger partial charge in [0.2, 0.25) is 11.8 Å². The average molecular weight is 551 g/mol. The van der Waals surface area contributed by atoms with Gasteiger partial charge in [0, 0.05) is 48.6 Å². The molecule has 1 saturated heterocycles. The van der Waals surface area contributed by atoms with Crippen molar-refractivity contribution in [2.75, 3.05) is 23.4 Å². The highest BCUT2D eigenvalue weighted by atomic mass is 32.1. The molecule has 1 unspecified atom stereocenters. The number of pyridine rings is 1. The summed E-state index contributed by atoms with van der Waals surface area (Å²) in [5.41, 5.74) is 2.53. The molecule has 2 aromatic heterocycles. The first-order valence-electron chi connectivity index (χ1n) is 13.3. The van der Waals surface area contributed by atoms with Gasteiger partial charge in [-0.2, -0.15) is 0 Å². The van der Waals surface area contributed by atoms with E-state index in [9.17, 15) is 23.9 Å². The van der Waals surface area contributed by atoms with Gasteiger partial charge in [-0.15, -0.1) is 11.3 Å². The molecule has 2 amide bonds. The Labute approximate surface area is 230 Å². The Kier molecular flexibility index (Phi) is 8.02. The number of hydrogen-bond donors (Lipinski definition) is 1. The maximum atomic E-state index is 14.4. The van der Waals surface area contributed by atoms with Crippen LogP contribution in [0.5, 0.6) is 0 Å². The van der Waals surface area contributed by atoms with Gasteiger partial charge in [0.05, 0.1) is 12.1 Å². The van der Waals surface area contributed by atoms with Gasteiger partial charge in [-0.05, 0) is 48.6 Å². The normalized spacial score (nSPS) is 16.6. The SMILES string of the molecule is CN(C(=O)C(CC(=O)O)CC1CCCC1)c1nc(-c2cc(F)ccc2-c2ccc(N3CCCC3=O)nc2)cs1. The second-order valence-electron chi connectivity index (χ2n) is 10.3. The molecule has 2 fully saturated rings. The van der Waals surface area contributed by atoms with Gasteiger partial charge in [-0.1, -0.05) is 31.7 Å². The summed E-state index contributed by atoms with van der Waals surface area (Å²) in [6.45, 7) is 0.648. The predicted octanol–water partition coefficient (Wildman–Crippen LogP) is 5.77. The van der Waals surface area contributed by atoms with Gasteiger partial charge in [0.25, 0.3) is 0 Å². The van der Waals surface area contributed by atoms with E-state index < -0.39 is 17.7 Å². The standard InChI is InChI=1S/C29H31FN4O4S/c1-33(28(38)20(14-27(36)37)13-18-5-2-3-6-18)29-32-24(17-39-29)23-15-21(30)9-10-22(23)19-8-11-25(31-16-19)34-12-4-7-26(34)35/h8-11,15-18,20H,2-7,12-14H2,1H3,(H,36,37). The first kappa shape index (κ1) is 26.9. The fourth-order valence-corrected chi connectivity index (χ4v) is 6.41. The minimum atomic E-state index is -0.988. The Balaban J connectivity index is 1.39. The van der Waals surface area contributed by atoms with Crippen molar-refractivity contribution >= 4 is 40.1 Å². The summed E-state index contributed by atoms with van der Waals surface area (Å²) in [5, 5.41) is 11.6. The van der Waals surface area contributed by atoms with Crippen molar-refractivity contribution in [2.45, 2.75) is 51.4 Å². The third-order valence-electron chi connectivity index (χ3n) is 7.64. The molecular formula is C29H31FN4O4S. The van der Waals surface area contributed by atoms with Crippen molar-refractivity contribution in [3.63, 3.8) is 0 Å². The van der Waals surface area contributed by atoms with Crippen LogP contribution in [-0.4, -0.2) is 46.5 Å². The Morgan fingerprint density at radius 2 is 1.97 bits per heavy atom. The number of carbonyl (C=O) groups is 3. The van der Waals surface area contributed by atoms with Crippen molar-refractivity contribution in [1.29, 1.82) is 0 Å². The number of hydrogen-bond acceptors (Lipinski definition) is 6. The van der Waals surface area contributed by atoms with Crippen LogP contribution in [0, 0.1) is 17.7 Å². The number of aliphatic carboxylic acids is 1. The lowest BCUT2D eigenvalue weighted by molar-refractivity contribution is -0.140. The summed E-state index contributed by atoms with van der Waals surface area (Å²) in [6, 6.07) is 8.09. The van der Waals surface area contributed by atoms with Crippen LogP contribution in [0.25, 0.3) is 22.4 Å². The molecule has 3 heterocycles. The number of amides is 2. The number of halogens is 1. The van der Waals surface area contributed by atoms with Crippen molar-refractivity contribution in [1.82, 2.24) is 9.97 Å². The summed E-state index contributed by atoms with van der Waals surface area (Å²) >= 11 is 1.25. The number of nitrogens with zero attached hydrogens (tertiary/aromatic N) is 4. The zero-order valence-corrected chi connectivity index (χ0v) is 22.6.